The van der Waals surface area contributed by atoms with E-state index in [0.29, 0.717) is 16.5 Å². The van der Waals surface area contributed by atoms with Crippen molar-refractivity contribution in [3.63, 3.8) is 0 Å². The minimum Gasteiger partial charge on any atom is -0.338 e. The van der Waals surface area contributed by atoms with E-state index in [1.165, 1.54) is 0 Å². The summed E-state index contributed by atoms with van der Waals surface area (Å²) in [5.74, 6) is 0.463. The summed E-state index contributed by atoms with van der Waals surface area (Å²) in [4.78, 5) is 14.2. The third-order valence-corrected chi connectivity index (χ3v) is 3.80. The lowest BCUT2D eigenvalue weighted by Gasteiger charge is -2.34. The number of rotatable bonds is 2. The molecule has 0 saturated carbocycles. The summed E-state index contributed by atoms with van der Waals surface area (Å²) in [5.41, 5.74) is 6.59. The molecule has 3 nitrogen and oxygen atoms in total. The van der Waals surface area contributed by atoms with Crippen LogP contribution < -0.4 is 5.73 Å². The van der Waals surface area contributed by atoms with Crippen LogP contribution in [0.1, 0.15) is 30.1 Å². The molecule has 1 fully saturated rings. The third kappa shape index (κ3) is 4.10. The van der Waals surface area contributed by atoms with Gasteiger partial charge in [-0.1, -0.05) is 17.7 Å². The van der Waals surface area contributed by atoms with Gasteiger partial charge in [0.1, 0.15) is 0 Å². The molecule has 0 spiro atoms. The molecule has 2 N–H and O–H groups in total. The molecule has 0 radical (unpaired) electrons. The smallest absolute Gasteiger partial charge is 0.253 e. The van der Waals surface area contributed by atoms with Gasteiger partial charge >= 0.3 is 0 Å². The molecule has 1 amide bonds. The van der Waals surface area contributed by atoms with Crippen molar-refractivity contribution in [1.29, 1.82) is 0 Å². The molecule has 0 aromatic heterocycles. The first-order valence-electron chi connectivity index (χ1n) is 6.38. The largest absolute Gasteiger partial charge is 0.338 e. The van der Waals surface area contributed by atoms with Crippen molar-refractivity contribution in [2.45, 2.75) is 25.8 Å². The van der Waals surface area contributed by atoms with Crippen LogP contribution in [0.3, 0.4) is 0 Å². The van der Waals surface area contributed by atoms with Crippen LogP contribution in [0.4, 0.5) is 0 Å². The number of carbonyl (C=O) groups excluding carboxylic acids is 1. The maximum Gasteiger partial charge on any atom is 0.253 e. The Hall–Kier alpha value is -0.770. The lowest BCUT2D eigenvalue weighted by Crippen LogP contribution is -2.45. The molecule has 5 heteroatoms. The summed E-state index contributed by atoms with van der Waals surface area (Å²) in [6.45, 7) is 3.58. The number of carbonyl (C=O) groups is 1. The normalized spacial score (nSPS) is 20.6. The van der Waals surface area contributed by atoms with E-state index < -0.39 is 0 Å². The first-order chi connectivity index (χ1) is 8.58. The van der Waals surface area contributed by atoms with Gasteiger partial charge in [0, 0.05) is 29.7 Å². The van der Waals surface area contributed by atoms with Crippen LogP contribution in [0, 0.1) is 5.92 Å². The maximum atomic E-state index is 12.3. The van der Waals surface area contributed by atoms with Crippen molar-refractivity contribution in [2.24, 2.45) is 11.7 Å². The van der Waals surface area contributed by atoms with Crippen LogP contribution in [0.25, 0.3) is 0 Å². The predicted molar refractivity (Wildman–Crippen MR) is 81.0 cm³/mol. The summed E-state index contributed by atoms with van der Waals surface area (Å²) >= 11 is 5.92. The fraction of sp³-hybridized carbons (Fsp3) is 0.500. The molecule has 19 heavy (non-hydrogen) atoms. The molecule has 106 valence electrons. The summed E-state index contributed by atoms with van der Waals surface area (Å²) in [7, 11) is 0. The van der Waals surface area contributed by atoms with E-state index in [-0.39, 0.29) is 24.4 Å². The van der Waals surface area contributed by atoms with Gasteiger partial charge in [-0.05, 0) is 43.9 Å². The van der Waals surface area contributed by atoms with Crippen molar-refractivity contribution in [3.05, 3.63) is 34.9 Å². The highest BCUT2D eigenvalue weighted by Gasteiger charge is 2.26. The quantitative estimate of drug-likeness (QED) is 0.913. The zero-order chi connectivity index (χ0) is 13.1. The van der Waals surface area contributed by atoms with E-state index in [4.69, 9.17) is 17.3 Å². The van der Waals surface area contributed by atoms with Gasteiger partial charge in [0.15, 0.2) is 0 Å². The Bertz CT molecular complexity index is 437. The number of piperidine rings is 1. The monoisotopic (exact) mass is 302 g/mol. The summed E-state index contributed by atoms with van der Waals surface area (Å²) in [5, 5.41) is 0.599. The molecular weight excluding hydrogens is 283 g/mol. The molecule has 1 saturated heterocycles. The SMILES string of the molecule is CC(N)C1CCCN(C(=O)c2cccc(Cl)c2)C1.Cl. The van der Waals surface area contributed by atoms with Gasteiger partial charge in [-0.15, -0.1) is 12.4 Å². The van der Waals surface area contributed by atoms with Crippen LogP contribution in [0.15, 0.2) is 24.3 Å². The second-order valence-corrected chi connectivity index (χ2v) is 5.46. The minimum atomic E-state index is 0. The predicted octanol–water partition coefficient (Wildman–Crippen LogP) is 2.96. The zero-order valence-electron chi connectivity index (χ0n) is 11.0. The first-order valence-corrected chi connectivity index (χ1v) is 6.76. The summed E-state index contributed by atoms with van der Waals surface area (Å²) in [6, 6.07) is 7.25. The lowest BCUT2D eigenvalue weighted by molar-refractivity contribution is 0.0661. The molecule has 0 bridgehead atoms. The standard InChI is InChI=1S/C14H19ClN2O.ClH/c1-10(16)12-5-3-7-17(9-12)14(18)11-4-2-6-13(15)8-11;/h2,4,6,8,10,12H,3,5,7,9,16H2,1H3;1H. The van der Waals surface area contributed by atoms with Crippen molar-refractivity contribution >= 4 is 29.9 Å². The molecule has 1 aliphatic heterocycles. The van der Waals surface area contributed by atoms with Gasteiger partial charge in [-0.3, -0.25) is 4.79 Å². The van der Waals surface area contributed by atoms with Gasteiger partial charge in [0.2, 0.25) is 0 Å². The highest BCUT2D eigenvalue weighted by molar-refractivity contribution is 6.30. The molecular formula is C14H20Cl2N2O. The van der Waals surface area contributed by atoms with Gasteiger partial charge in [-0.25, -0.2) is 0 Å². The minimum absolute atomic E-state index is 0. The molecule has 1 heterocycles. The Morgan fingerprint density at radius 3 is 2.89 bits per heavy atom. The topological polar surface area (TPSA) is 46.3 Å². The molecule has 2 rings (SSSR count). The average Bonchev–Trinajstić information content (AvgIpc) is 2.38. The average molecular weight is 303 g/mol. The molecule has 1 aliphatic rings. The van der Waals surface area contributed by atoms with Gasteiger partial charge in [-0.2, -0.15) is 0 Å². The Labute approximate surface area is 125 Å². The van der Waals surface area contributed by atoms with Gasteiger partial charge in [0.25, 0.3) is 5.91 Å². The van der Waals surface area contributed by atoms with Crippen LogP contribution in [-0.2, 0) is 0 Å². The van der Waals surface area contributed by atoms with E-state index in [1.54, 1.807) is 12.1 Å². The van der Waals surface area contributed by atoms with Crippen LogP contribution >= 0.6 is 24.0 Å². The fourth-order valence-electron chi connectivity index (χ4n) is 2.43. The molecule has 2 atom stereocenters. The number of nitrogens with zero attached hydrogens (tertiary/aromatic N) is 1. The van der Waals surface area contributed by atoms with Gasteiger partial charge < -0.3 is 10.6 Å². The number of nitrogens with two attached hydrogens (primary N) is 1. The fourth-order valence-corrected chi connectivity index (χ4v) is 2.62. The molecule has 0 aliphatic carbocycles. The van der Waals surface area contributed by atoms with E-state index in [9.17, 15) is 4.79 Å². The van der Waals surface area contributed by atoms with Crippen molar-refractivity contribution in [2.75, 3.05) is 13.1 Å². The van der Waals surface area contributed by atoms with Crippen molar-refractivity contribution in [1.82, 2.24) is 4.90 Å². The molecule has 1 aromatic rings. The number of halogens is 2. The highest BCUT2D eigenvalue weighted by Crippen LogP contribution is 2.21. The van der Waals surface area contributed by atoms with E-state index in [0.717, 1.165) is 25.9 Å². The Balaban J connectivity index is 0.00000180. The van der Waals surface area contributed by atoms with E-state index in [1.807, 2.05) is 24.0 Å². The van der Waals surface area contributed by atoms with Gasteiger partial charge in [0.05, 0.1) is 0 Å². The molecule has 1 aromatic carbocycles. The second-order valence-electron chi connectivity index (χ2n) is 5.02. The van der Waals surface area contributed by atoms with Crippen molar-refractivity contribution in [3.8, 4) is 0 Å². The van der Waals surface area contributed by atoms with Crippen LogP contribution in [0.5, 0.6) is 0 Å². The Kier molecular flexibility index (Phi) is 6.11. The first kappa shape index (κ1) is 16.3. The zero-order valence-corrected chi connectivity index (χ0v) is 12.6. The van der Waals surface area contributed by atoms with E-state index >= 15 is 0 Å². The number of likely N-dealkylation sites (tertiary alicyclic amines) is 1. The third-order valence-electron chi connectivity index (χ3n) is 3.56. The highest BCUT2D eigenvalue weighted by atomic mass is 35.5. The van der Waals surface area contributed by atoms with Crippen LogP contribution in [0.2, 0.25) is 5.02 Å². The number of benzene rings is 1. The Morgan fingerprint density at radius 1 is 1.53 bits per heavy atom. The van der Waals surface area contributed by atoms with E-state index in [2.05, 4.69) is 0 Å². The summed E-state index contributed by atoms with van der Waals surface area (Å²) < 4.78 is 0. The number of hydrogen-bond donors (Lipinski definition) is 1. The maximum absolute atomic E-state index is 12.3. The lowest BCUT2D eigenvalue weighted by atomic mass is 9.92. The Morgan fingerprint density at radius 2 is 2.26 bits per heavy atom. The van der Waals surface area contributed by atoms with Crippen molar-refractivity contribution < 1.29 is 4.79 Å². The van der Waals surface area contributed by atoms with Crippen LogP contribution in [-0.4, -0.2) is 29.9 Å². The number of hydrogen-bond acceptors (Lipinski definition) is 2. The molecule has 2 unspecified atom stereocenters. The number of amides is 1. The second kappa shape index (κ2) is 7.13. The summed E-state index contributed by atoms with van der Waals surface area (Å²) in [6.07, 6.45) is 2.13.